The number of fused-ring (bicyclic) bond motifs is 6. The van der Waals surface area contributed by atoms with E-state index in [4.69, 9.17) is 4.42 Å². The summed E-state index contributed by atoms with van der Waals surface area (Å²) in [7, 11) is 0. The molecule has 196 valence electrons. The summed E-state index contributed by atoms with van der Waals surface area (Å²) in [5.41, 5.74) is 12.8. The lowest BCUT2D eigenvalue weighted by atomic mass is 9.81. The maximum atomic E-state index is 6.37. The summed E-state index contributed by atoms with van der Waals surface area (Å²) in [5, 5.41) is 2.25. The highest BCUT2D eigenvalue weighted by Crippen LogP contribution is 2.55. The van der Waals surface area contributed by atoms with Crippen LogP contribution in [0, 0.1) is 0 Å². The Morgan fingerprint density at radius 2 is 1.20 bits per heavy atom. The van der Waals surface area contributed by atoms with Crippen molar-refractivity contribution >= 4 is 39.0 Å². The predicted octanol–water partition coefficient (Wildman–Crippen LogP) is 11.0. The van der Waals surface area contributed by atoms with E-state index in [2.05, 4.69) is 152 Å². The van der Waals surface area contributed by atoms with Crippen LogP contribution in [0.2, 0.25) is 0 Å². The number of rotatable bonds is 4. The van der Waals surface area contributed by atoms with Crippen molar-refractivity contribution in [1.82, 2.24) is 0 Å². The Morgan fingerprint density at radius 1 is 0.537 bits per heavy atom. The van der Waals surface area contributed by atoms with E-state index in [0.29, 0.717) is 0 Å². The molecule has 8 rings (SSSR count). The van der Waals surface area contributed by atoms with Crippen LogP contribution < -0.4 is 4.90 Å². The topological polar surface area (TPSA) is 16.4 Å². The molecule has 0 bridgehead atoms. The third-order valence-corrected chi connectivity index (χ3v) is 8.63. The Balaban J connectivity index is 1.45. The first-order valence-electron chi connectivity index (χ1n) is 14.2. The van der Waals surface area contributed by atoms with Crippen LogP contribution in [0.5, 0.6) is 0 Å². The third kappa shape index (κ3) is 3.57. The van der Waals surface area contributed by atoms with Crippen molar-refractivity contribution in [2.24, 2.45) is 0 Å². The van der Waals surface area contributed by atoms with Crippen LogP contribution in [0.25, 0.3) is 44.2 Å². The summed E-state index contributed by atoms with van der Waals surface area (Å²) in [4.78, 5) is 2.45. The van der Waals surface area contributed by atoms with Gasteiger partial charge >= 0.3 is 0 Å². The largest absolute Gasteiger partial charge is 0.456 e. The van der Waals surface area contributed by atoms with Crippen molar-refractivity contribution in [1.29, 1.82) is 0 Å². The monoisotopic (exact) mass is 527 g/mol. The van der Waals surface area contributed by atoms with E-state index < -0.39 is 0 Å². The normalized spacial score (nSPS) is 13.3. The van der Waals surface area contributed by atoms with Crippen LogP contribution in [0.3, 0.4) is 0 Å². The van der Waals surface area contributed by atoms with Crippen LogP contribution in [0.4, 0.5) is 17.1 Å². The summed E-state index contributed by atoms with van der Waals surface area (Å²) in [6.07, 6.45) is 0. The molecule has 0 atom stereocenters. The standard InChI is InChI=1S/C39H29NO/c1-39(2)32-20-8-6-17-29(32)30-19-11-22-34(38(30)39)40(28-16-10-15-27(25-28)26-13-4-3-5-14-26)33-21-12-24-36-37(33)31-18-7-9-23-35(31)41-36/h3-25H,1-2H3. The highest BCUT2D eigenvalue weighted by atomic mass is 16.3. The van der Waals surface area contributed by atoms with Crippen LogP contribution in [0.1, 0.15) is 25.0 Å². The quantitative estimate of drug-likeness (QED) is 0.226. The van der Waals surface area contributed by atoms with Crippen molar-refractivity contribution < 1.29 is 4.42 Å². The van der Waals surface area contributed by atoms with Crippen molar-refractivity contribution in [3.05, 3.63) is 151 Å². The van der Waals surface area contributed by atoms with Crippen LogP contribution in [-0.2, 0) is 5.41 Å². The van der Waals surface area contributed by atoms with Gasteiger partial charge < -0.3 is 9.32 Å². The molecule has 0 amide bonds. The second-order valence-electron chi connectivity index (χ2n) is 11.4. The number of anilines is 3. The second kappa shape index (κ2) is 8.97. The Morgan fingerprint density at radius 3 is 2.10 bits per heavy atom. The molecule has 7 aromatic rings. The summed E-state index contributed by atoms with van der Waals surface area (Å²) in [5.74, 6) is 0. The summed E-state index contributed by atoms with van der Waals surface area (Å²) >= 11 is 0. The fourth-order valence-electron chi connectivity index (χ4n) is 6.81. The third-order valence-electron chi connectivity index (χ3n) is 8.63. The molecular weight excluding hydrogens is 498 g/mol. The SMILES string of the molecule is CC1(C)c2ccccc2-c2cccc(N(c3cccc(-c4ccccc4)c3)c3cccc4oc5ccccc5c34)c21. The van der Waals surface area contributed by atoms with E-state index in [1.165, 1.54) is 39.1 Å². The Labute approximate surface area is 240 Å². The Kier molecular flexibility index (Phi) is 5.20. The molecule has 1 aromatic heterocycles. The number of hydrogen-bond acceptors (Lipinski definition) is 2. The predicted molar refractivity (Wildman–Crippen MR) is 171 cm³/mol. The summed E-state index contributed by atoms with van der Waals surface area (Å²) in [6, 6.07) is 49.9. The van der Waals surface area contributed by atoms with Crippen molar-refractivity contribution in [3.8, 4) is 22.3 Å². The van der Waals surface area contributed by atoms with Crippen LogP contribution in [-0.4, -0.2) is 0 Å². The van der Waals surface area contributed by atoms with Gasteiger partial charge in [-0.15, -0.1) is 0 Å². The Hall–Kier alpha value is -5.08. The summed E-state index contributed by atoms with van der Waals surface area (Å²) < 4.78 is 6.37. The number of benzene rings is 6. The minimum Gasteiger partial charge on any atom is -0.456 e. The van der Waals surface area contributed by atoms with E-state index in [-0.39, 0.29) is 5.41 Å². The van der Waals surface area contributed by atoms with Gasteiger partial charge in [-0.2, -0.15) is 0 Å². The van der Waals surface area contributed by atoms with E-state index in [9.17, 15) is 0 Å². The zero-order chi connectivity index (χ0) is 27.6. The molecule has 0 saturated heterocycles. The second-order valence-corrected chi connectivity index (χ2v) is 11.4. The maximum Gasteiger partial charge on any atom is 0.137 e. The first-order chi connectivity index (χ1) is 20.1. The van der Waals surface area contributed by atoms with E-state index in [1.807, 2.05) is 6.07 Å². The molecule has 0 N–H and O–H groups in total. The molecule has 41 heavy (non-hydrogen) atoms. The fourth-order valence-corrected chi connectivity index (χ4v) is 6.81. The Bertz CT molecular complexity index is 2080. The van der Waals surface area contributed by atoms with Gasteiger partial charge in [-0.25, -0.2) is 0 Å². The first kappa shape index (κ1) is 23.8. The lowest BCUT2D eigenvalue weighted by molar-refractivity contribution is 0.661. The van der Waals surface area contributed by atoms with Crippen molar-refractivity contribution in [2.45, 2.75) is 19.3 Å². The maximum absolute atomic E-state index is 6.37. The van der Waals surface area contributed by atoms with Gasteiger partial charge in [0.25, 0.3) is 0 Å². The molecule has 2 nitrogen and oxygen atoms in total. The first-order valence-corrected chi connectivity index (χ1v) is 14.2. The highest BCUT2D eigenvalue weighted by Gasteiger charge is 2.39. The van der Waals surface area contributed by atoms with Gasteiger partial charge in [-0.05, 0) is 69.8 Å². The van der Waals surface area contributed by atoms with Gasteiger partial charge in [0, 0.05) is 16.5 Å². The zero-order valence-electron chi connectivity index (χ0n) is 23.1. The molecule has 0 fully saturated rings. The van der Waals surface area contributed by atoms with Crippen LogP contribution in [0.15, 0.2) is 144 Å². The van der Waals surface area contributed by atoms with Gasteiger partial charge in [-0.3, -0.25) is 0 Å². The van der Waals surface area contributed by atoms with Crippen molar-refractivity contribution in [3.63, 3.8) is 0 Å². The van der Waals surface area contributed by atoms with Gasteiger partial charge in [0.15, 0.2) is 0 Å². The lowest BCUT2D eigenvalue weighted by Crippen LogP contribution is -2.20. The molecular formula is C39H29NO. The van der Waals surface area contributed by atoms with E-state index in [1.54, 1.807) is 0 Å². The number of nitrogens with zero attached hydrogens (tertiary/aromatic N) is 1. The minimum absolute atomic E-state index is 0.163. The number of hydrogen-bond donors (Lipinski definition) is 0. The van der Waals surface area contributed by atoms with E-state index in [0.717, 1.165) is 33.3 Å². The molecule has 0 saturated carbocycles. The minimum atomic E-state index is -0.163. The molecule has 0 spiro atoms. The van der Waals surface area contributed by atoms with Crippen molar-refractivity contribution in [2.75, 3.05) is 4.90 Å². The molecule has 1 aliphatic carbocycles. The molecule has 0 radical (unpaired) electrons. The van der Waals surface area contributed by atoms with Gasteiger partial charge in [-0.1, -0.05) is 117 Å². The zero-order valence-corrected chi connectivity index (χ0v) is 23.1. The number of para-hydroxylation sites is 1. The average molecular weight is 528 g/mol. The highest BCUT2D eigenvalue weighted by molar-refractivity contribution is 6.13. The molecule has 2 heteroatoms. The molecule has 0 unspecified atom stereocenters. The fraction of sp³-hybridized carbons (Fsp3) is 0.0769. The van der Waals surface area contributed by atoms with E-state index >= 15 is 0 Å². The number of furan rings is 1. The van der Waals surface area contributed by atoms with Gasteiger partial charge in [0.1, 0.15) is 11.2 Å². The molecule has 6 aromatic carbocycles. The van der Waals surface area contributed by atoms with Gasteiger partial charge in [0.2, 0.25) is 0 Å². The molecule has 1 heterocycles. The average Bonchev–Trinajstić information content (AvgIpc) is 3.51. The van der Waals surface area contributed by atoms with Crippen LogP contribution >= 0.6 is 0 Å². The van der Waals surface area contributed by atoms with Gasteiger partial charge in [0.05, 0.1) is 16.8 Å². The lowest BCUT2D eigenvalue weighted by Gasteiger charge is -2.32. The summed E-state index contributed by atoms with van der Waals surface area (Å²) in [6.45, 7) is 4.71. The smallest absolute Gasteiger partial charge is 0.137 e. The molecule has 0 aliphatic heterocycles. The molecule has 1 aliphatic rings.